The maximum Gasteiger partial charge on any atom is 0.338 e. The van der Waals surface area contributed by atoms with Crippen LogP contribution in [0.2, 0.25) is 5.02 Å². The van der Waals surface area contributed by atoms with Crippen LogP contribution in [0.1, 0.15) is 43.9 Å². The number of rotatable bonds is 7. The van der Waals surface area contributed by atoms with Gasteiger partial charge in [-0.15, -0.1) is 0 Å². The zero-order valence-corrected chi connectivity index (χ0v) is 22.1. The first kappa shape index (κ1) is 25.1. The van der Waals surface area contributed by atoms with Crippen LogP contribution >= 0.6 is 22.9 Å². The largest absolute Gasteiger partial charge is 0.495 e. The van der Waals surface area contributed by atoms with Gasteiger partial charge < -0.3 is 18.9 Å². The molecule has 0 saturated heterocycles. The highest BCUT2D eigenvalue weighted by Crippen LogP contribution is 2.39. The average molecular weight is 541 g/mol. The fraction of sp³-hybridized carbons (Fsp3) is 0.296. The summed E-state index contributed by atoms with van der Waals surface area (Å²) in [6.45, 7) is 4.10. The molecule has 0 unspecified atom stereocenters. The van der Waals surface area contributed by atoms with Gasteiger partial charge in [-0.25, -0.2) is 9.79 Å². The third-order valence-electron chi connectivity index (χ3n) is 6.08. The number of fused-ring (bicyclic) bond motifs is 2. The van der Waals surface area contributed by atoms with E-state index in [2.05, 4.69) is 0 Å². The van der Waals surface area contributed by atoms with E-state index in [0.29, 0.717) is 54.9 Å². The van der Waals surface area contributed by atoms with Crippen molar-refractivity contribution >= 4 is 35.0 Å². The van der Waals surface area contributed by atoms with Crippen molar-refractivity contribution in [3.05, 3.63) is 83.5 Å². The van der Waals surface area contributed by atoms with Crippen molar-refractivity contribution in [2.45, 2.75) is 32.7 Å². The monoisotopic (exact) mass is 540 g/mol. The second-order valence-electron chi connectivity index (χ2n) is 8.42. The van der Waals surface area contributed by atoms with Crippen LogP contribution in [0.5, 0.6) is 17.2 Å². The standard InChI is InChI=1S/C27H25ClN2O6S/c1-4-6-18-23(26(32)34-5-2)24(16-8-10-20-21(13-16)36-14-35-20)30-25(31)22(37-27(30)29-18)12-15-7-9-19(33-3)17(28)11-15/h7-13,24H,4-6,14H2,1-3H3/b22-12+/t24-/m0/s1. The zero-order valence-electron chi connectivity index (χ0n) is 20.6. The molecule has 192 valence electrons. The molecule has 3 aromatic rings. The van der Waals surface area contributed by atoms with Gasteiger partial charge in [0.15, 0.2) is 16.3 Å². The van der Waals surface area contributed by atoms with Gasteiger partial charge in [0.25, 0.3) is 5.56 Å². The van der Waals surface area contributed by atoms with Crippen LogP contribution in [0.4, 0.5) is 0 Å². The molecule has 10 heteroatoms. The van der Waals surface area contributed by atoms with Gasteiger partial charge in [-0.2, -0.15) is 0 Å². The van der Waals surface area contributed by atoms with Crippen LogP contribution in [0.3, 0.4) is 0 Å². The van der Waals surface area contributed by atoms with Gasteiger partial charge in [0.1, 0.15) is 5.75 Å². The molecule has 0 radical (unpaired) electrons. The molecule has 3 heterocycles. The predicted octanol–water partition coefficient (Wildman–Crippen LogP) is 3.97. The Morgan fingerprint density at radius 3 is 2.76 bits per heavy atom. The Labute approximate surface area is 222 Å². The summed E-state index contributed by atoms with van der Waals surface area (Å²) >= 11 is 7.57. The van der Waals surface area contributed by atoms with Crippen molar-refractivity contribution in [2.24, 2.45) is 4.99 Å². The molecule has 2 aliphatic heterocycles. The number of halogens is 1. The highest BCUT2D eigenvalue weighted by atomic mass is 35.5. The van der Waals surface area contributed by atoms with E-state index >= 15 is 0 Å². The van der Waals surface area contributed by atoms with Crippen molar-refractivity contribution in [3.63, 3.8) is 0 Å². The van der Waals surface area contributed by atoms with Crippen LogP contribution in [0.25, 0.3) is 6.08 Å². The van der Waals surface area contributed by atoms with E-state index in [1.165, 1.54) is 11.3 Å². The molecule has 2 aliphatic rings. The number of carbonyl (C=O) groups is 1. The molecule has 8 nitrogen and oxygen atoms in total. The number of benzene rings is 2. The van der Waals surface area contributed by atoms with Crippen LogP contribution in [0.15, 0.2) is 57.5 Å². The summed E-state index contributed by atoms with van der Waals surface area (Å²) in [6.07, 6.45) is 3.10. The summed E-state index contributed by atoms with van der Waals surface area (Å²) in [5.41, 5.74) is 2.15. The highest BCUT2D eigenvalue weighted by Gasteiger charge is 2.35. The predicted molar refractivity (Wildman–Crippen MR) is 140 cm³/mol. The SMILES string of the molecule is CCCC1=C(C(=O)OCC)[C@H](c2ccc3c(c2)OCO3)n2c(s/c(=C/c3ccc(OC)c(Cl)c3)c2=O)=N1. The molecule has 0 bridgehead atoms. The lowest BCUT2D eigenvalue weighted by atomic mass is 9.94. The van der Waals surface area contributed by atoms with E-state index in [0.717, 1.165) is 12.0 Å². The van der Waals surface area contributed by atoms with Crippen LogP contribution < -0.4 is 29.1 Å². The number of hydrogen-bond donors (Lipinski definition) is 0. The fourth-order valence-electron chi connectivity index (χ4n) is 4.44. The topological polar surface area (TPSA) is 88.4 Å². The maximum atomic E-state index is 13.8. The van der Waals surface area contributed by atoms with Gasteiger partial charge in [-0.3, -0.25) is 9.36 Å². The maximum absolute atomic E-state index is 13.8. The number of esters is 1. The molecule has 0 aliphatic carbocycles. The molecular weight excluding hydrogens is 516 g/mol. The fourth-order valence-corrected chi connectivity index (χ4v) is 5.73. The third-order valence-corrected chi connectivity index (χ3v) is 7.36. The summed E-state index contributed by atoms with van der Waals surface area (Å²) in [5.74, 6) is 1.23. The number of ether oxygens (including phenoxy) is 4. The number of carbonyl (C=O) groups excluding carboxylic acids is 1. The van der Waals surface area contributed by atoms with Crippen LogP contribution in [-0.2, 0) is 9.53 Å². The third kappa shape index (κ3) is 4.65. The zero-order chi connectivity index (χ0) is 26.1. The van der Waals surface area contributed by atoms with E-state index < -0.39 is 12.0 Å². The number of thiazole rings is 1. The van der Waals surface area contributed by atoms with E-state index in [-0.39, 0.29) is 19.0 Å². The molecular formula is C27H25ClN2O6S. The number of methoxy groups -OCH3 is 1. The summed E-state index contributed by atoms with van der Waals surface area (Å²) in [6, 6.07) is 10.0. The lowest BCUT2D eigenvalue weighted by Crippen LogP contribution is -2.40. The molecule has 0 N–H and O–H groups in total. The number of allylic oxidation sites excluding steroid dienone is 1. The molecule has 0 fully saturated rings. The van der Waals surface area contributed by atoms with Gasteiger partial charge in [-0.1, -0.05) is 48.4 Å². The summed E-state index contributed by atoms with van der Waals surface area (Å²) < 4.78 is 23.7. The molecule has 5 rings (SSSR count). The van der Waals surface area contributed by atoms with E-state index in [4.69, 9.17) is 35.5 Å². The molecule has 0 spiro atoms. The number of nitrogens with zero attached hydrogens (tertiary/aromatic N) is 2. The molecule has 0 amide bonds. The van der Waals surface area contributed by atoms with E-state index in [1.54, 1.807) is 42.9 Å². The molecule has 1 aromatic heterocycles. The van der Waals surface area contributed by atoms with E-state index in [9.17, 15) is 9.59 Å². The Bertz CT molecular complexity index is 1590. The summed E-state index contributed by atoms with van der Waals surface area (Å²) in [4.78, 5) is 32.4. The molecule has 0 saturated carbocycles. The van der Waals surface area contributed by atoms with Crippen molar-refractivity contribution in [1.29, 1.82) is 0 Å². The van der Waals surface area contributed by atoms with E-state index in [1.807, 2.05) is 25.1 Å². The van der Waals surface area contributed by atoms with Crippen LogP contribution in [0, 0.1) is 0 Å². The van der Waals surface area contributed by atoms with Crippen molar-refractivity contribution in [1.82, 2.24) is 4.57 Å². The summed E-state index contributed by atoms with van der Waals surface area (Å²) in [7, 11) is 1.55. The molecule has 37 heavy (non-hydrogen) atoms. The van der Waals surface area contributed by atoms with Gasteiger partial charge in [0, 0.05) is 0 Å². The Morgan fingerprint density at radius 1 is 1.22 bits per heavy atom. The minimum Gasteiger partial charge on any atom is -0.495 e. The second-order valence-corrected chi connectivity index (χ2v) is 9.84. The first-order valence-electron chi connectivity index (χ1n) is 11.9. The first-order chi connectivity index (χ1) is 17.9. The van der Waals surface area contributed by atoms with Gasteiger partial charge in [-0.05, 0) is 54.8 Å². The van der Waals surface area contributed by atoms with Gasteiger partial charge in [0.05, 0.1) is 40.6 Å². The van der Waals surface area contributed by atoms with Crippen molar-refractivity contribution in [3.8, 4) is 17.2 Å². The molecule has 1 atom stereocenters. The normalized spacial score (nSPS) is 16.4. The van der Waals surface area contributed by atoms with Crippen molar-refractivity contribution in [2.75, 3.05) is 20.5 Å². The number of aromatic nitrogens is 1. The first-order valence-corrected chi connectivity index (χ1v) is 13.1. The quantitative estimate of drug-likeness (QED) is 0.421. The van der Waals surface area contributed by atoms with Gasteiger partial charge >= 0.3 is 5.97 Å². The number of hydrogen-bond acceptors (Lipinski definition) is 8. The minimum atomic E-state index is -0.729. The van der Waals surface area contributed by atoms with Crippen LogP contribution in [-0.4, -0.2) is 31.0 Å². The summed E-state index contributed by atoms with van der Waals surface area (Å²) in [5, 5.41) is 0.442. The van der Waals surface area contributed by atoms with Gasteiger partial charge in [0.2, 0.25) is 6.79 Å². The van der Waals surface area contributed by atoms with Crippen molar-refractivity contribution < 1.29 is 23.7 Å². The lowest BCUT2D eigenvalue weighted by molar-refractivity contribution is -0.139. The molecule has 2 aromatic carbocycles. The smallest absolute Gasteiger partial charge is 0.338 e. The lowest BCUT2D eigenvalue weighted by Gasteiger charge is -2.25. The highest BCUT2D eigenvalue weighted by molar-refractivity contribution is 7.07. The Kier molecular flexibility index (Phi) is 7.08. The Hall–Kier alpha value is -3.56. The minimum absolute atomic E-state index is 0.119. The average Bonchev–Trinajstić information content (AvgIpc) is 3.47. The second kappa shape index (κ2) is 10.4. The Balaban J connectivity index is 1.73. The Morgan fingerprint density at radius 2 is 2.03 bits per heavy atom.